The Morgan fingerprint density at radius 2 is 2.00 bits per heavy atom. The zero-order chi connectivity index (χ0) is 27.9. The summed E-state index contributed by atoms with van der Waals surface area (Å²) in [5.41, 5.74) is 3.24. The first-order valence-electron chi connectivity index (χ1n) is 12.1. The maximum atomic E-state index is 13.4. The molecular formula is C26H23Cl3F3N5OS. The molecule has 1 unspecified atom stereocenters. The second-order valence-corrected chi connectivity index (χ2v) is 11.5. The summed E-state index contributed by atoms with van der Waals surface area (Å²) in [6, 6.07) is 6.95. The molecule has 3 heterocycles. The molecule has 4 aromatic rings. The highest BCUT2D eigenvalue weighted by atomic mass is 35.5. The molecule has 2 aromatic heterocycles. The Bertz CT molecular complexity index is 1520. The zero-order valence-electron chi connectivity index (χ0n) is 20.7. The van der Waals surface area contributed by atoms with Crippen molar-refractivity contribution in [3.8, 4) is 0 Å². The van der Waals surface area contributed by atoms with Crippen LogP contribution in [0.25, 0.3) is 11.0 Å². The SMILES string of the molecule is Cn1c(Cc2c(Cl)ccc(CNC(=O)c3nccs3)c2Cl)nc2cc(Cl)c(N3CCCC(C(F)(F)F)C3)cc21. The molecule has 1 aliphatic rings. The van der Waals surface area contributed by atoms with Crippen LogP contribution in [-0.4, -0.2) is 39.7 Å². The number of carbonyl (C=O) groups is 1. The van der Waals surface area contributed by atoms with Crippen molar-refractivity contribution in [2.45, 2.75) is 32.0 Å². The number of amides is 1. The number of alkyl halides is 3. The molecule has 0 saturated carbocycles. The largest absolute Gasteiger partial charge is 0.393 e. The summed E-state index contributed by atoms with van der Waals surface area (Å²) in [5, 5.41) is 6.11. The van der Waals surface area contributed by atoms with Crippen LogP contribution in [0, 0.1) is 5.92 Å². The maximum absolute atomic E-state index is 13.4. The van der Waals surface area contributed by atoms with Gasteiger partial charge in [-0.15, -0.1) is 11.3 Å². The molecule has 2 aromatic carbocycles. The second kappa shape index (κ2) is 11.2. The van der Waals surface area contributed by atoms with Crippen LogP contribution in [0.15, 0.2) is 35.8 Å². The predicted octanol–water partition coefficient (Wildman–Crippen LogP) is 7.29. The molecule has 206 valence electrons. The average Bonchev–Trinajstić information content (AvgIpc) is 3.53. The molecule has 1 saturated heterocycles. The third-order valence-corrected chi connectivity index (χ3v) is 8.83. The van der Waals surface area contributed by atoms with E-state index in [0.29, 0.717) is 67.6 Å². The van der Waals surface area contributed by atoms with E-state index in [0.717, 1.165) is 5.52 Å². The lowest BCUT2D eigenvalue weighted by molar-refractivity contribution is -0.175. The smallest absolute Gasteiger partial charge is 0.370 e. The van der Waals surface area contributed by atoms with E-state index in [2.05, 4.69) is 10.3 Å². The number of nitrogens with zero attached hydrogens (tertiary/aromatic N) is 4. The molecule has 0 spiro atoms. The first kappa shape index (κ1) is 28.0. The van der Waals surface area contributed by atoms with Crippen LogP contribution in [0.5, 0.6) is 0 Å². The number of benzene rings is 2. The summed E-state index contributed by atoms with van der Waals surface area (Å²) in [6.45, 7) is 0.563. The van der Waals surface area contributed by atoms with Gasteiger partial charge < -0.3 is 14.8 Å². The lowest BCUT2D eigenvalue weighted by atomic mass is 9.97. The summed E-state index contributed by atoms with van der Waals surface area (Å²) in [7, 11) is 1.83. The van der Waals surface area contributed by atoms with Gasteiger partial charge >= 0.3 is 6.18 Å². The Morgan fingerprint density at radius 3 is 2.72 bits per heavy atom. The van der Waals surface area contributed by atoms with Gasteiger partial charge in [0.1, 0.15) is 5.82 Å². The van der Waals surface area contributed by atoms with E-state index in [9.17, 15) is 18.0 Å². The molecule has 1 atom stereocenters. The fourth-order valence-corrected chi connectivity index (χ4v) is 6.20. The summed E-state index contributed by atoms with van der Waals surface area (Å²) in [6.07, 6.45) is -1.83. The zero-order valence-corrected chi connectivity index (χ0v) is 23.7. The number of halogens is 6. The molecule has 0 radical (unpaired) electrons. The maximum Gasteiger partial charge on any atom is 0.393 e. The molecule has 1 amide bonds. The van der Waals surface area contributed by atoms with Gasteiger partial charge in [-0.2, -0.15) is 13.2 Å². The molecule has 39 heavy (non-hydrogen) atoms. The number of hydrogen-bond acceptors (Lipinski definition) is 5. The number of thiazole rings is 1. The normalized spacial score (nSPS) is 16.2. The quantitative estimate of drug-likeness (QED) is 0.247. The van der Waals surface area contributed by atoms with Crippen LogP contribution in [0.4, 0.5) is 18.9 Å². The van der Waals surface area contributed by atoms with Crippen molar-refractivity contribution in [3.63, 3.8) is 0 Å². The van der Waals surface area contributed by atoms with E-state index in [1.54, 1.807) is 40.7 Å². The van der Waals surface area contributed by atoms with Crippen LogP contribution >= 0.6 is 46.1 Å². The summed E-state index contributed by atoms with van der Waals surface area (Å²) >= 11 is 21.0. The molecule has 13 heteroatoms. The van der Waals surface area contributed by atoms with Crippen LogP contribution in [-0.2, 0) is 20.0 Å². The molecule has 6 nitrogen and oxygen atoms in total. The fourth-order valence-electron chi connectivity index (χ4n) is 4.80. The number of fused-ring (bicyclic) bond motifs is 1. The van der Waals surface area contributed by atoms with Gasteiger partial charge in [0.15, 0.2) is 5.01 Å². The van der Waals surface area contributed by atoms with Gasteiger partial charge in [0.2, 0.25) is 0 Å². The Kier molecular flexibility index (Phi) is 8.01. The molecule has 1 aliphatic heterocycles. The van der Waals surface area contributed by atoms with Gasteiger partial charge in [-0.1, -0.05) is 40.9 Å². The molecule has 1 fully saturated rings. The van der Waals surface area contributed by atoms with E-state index < -0.39 is 12.1 Å². The lowest BCUT2D eigenvalue weighted by Crippen LogP contribution is -2.41. The number of imidazole rings is 1. The van der Waals surface area contributed by atoms with Crippen LogP contribution in [0.3, 0.4) is 0 Å². The van der Waals surface area contributed by atoms with Crippen LogP contribution in [0.1, 0.15) is 39.6 Å². The monoisotopic (exact) mass is 615 g/mol. The molecule has 0 aliphatic carbocycles. The van der Waals surface area contributed by atoms with Crippen molar-refractivity contribution in [1.29, 1.82) is 0 Å². The first-order valence-corrected chi connectivity index (χ1v) is 14.1. The fraction of sp³-hybridized carbons (Fsp3) is 0.346. The van der Waals surface area contributed by atoms with Gasteiger partial charge in [0.25, 0.3) is 5.91 Å². The van der Waals surface area contributed by atoms with Gasteiger partial charge in [0.05, 0.1) is 32.7 Å². The average molecular weight is 617 g/mol. The predicted molar refractivity (Wildman–Crippen MR) is 149 cm³/mol. The molecular weight excluding hydrogens is 594 g/mol. The van der Waals surface area contributed by atoms with Crippen molar-refractivity contribution in [3.05, 3.63) is 72.9 Å². The Hall–Kier alpha value is -2.53. The Morgan fingerprint density at radius 1 is 1.21 bits per heavy atom. The summed E-state index contributed by atoms with van der Waals surface area (Å²) in [4.78, 5) is 22.7. The number of aromatic nitrogens is 3. The lowest BCUT2D eigenvalue weighted by Gasteiger charge is -2.35. The topological polar surface area (TPSA) is 63.1 Å². The van der Waals surface area contributed by atoms with Gasteiger partial charge in [-0.25, -0.2) is 9.97 Å². The van der Waals surface area contributed by atoms with Crippen molar-refractivity contribution < 1.29 is 18.0 Å². The van der Waals surface area contributed by atoms with Crippen molar-refractivity contribution in [2.24, 2.45) is 13.0 Å². The first-order chi connectivity index (χ1) is 18.5. The Balaban J connectivity index is 1.40. The van der Waals surface area contributed by atoms with Gasteiger partial charge in [-0.05, 0) is 42.2 Å². The highest BCUT2D eigenvalue weighted by Gasteiger charge is 2.42. The van der Waals surface area contributed by atoms with Crippen LogP contribution in [0.2, 0.25) is 15.1 Å². The van der Waals surface area contributed by atoms with E-state index in [-0.39, 0.29) is 25.4 Å². The number of carbonyl (C=O) groups excluding carboxylic acids is 1. The van der Waals surface area contributed by atoms with E-state index in [1.807, 2.05) is 11.6 Å². The Labute approximate surface area is 241 Å². The molecule has 5 rings (SSSR count). The number of piperidine rings is 1. The van der Waals surface area contributed by atoms with E-state index in [1.165, 1.54) is 11.3 Å². The number of nitrogens with one attached hydrogen (secondary N) is 1. The van der Waals surface area contributed by atoms with E-state index in [4.69, 9.17) is 39.8 Å². The van der Waals surface area contributed by atoms with Crippen molar-refractivity contribution >= 4 is 68.8 Å². The highest BCUT2D eigenvalue weighted by Crippen LogP contribution is 2.39. The van der Waals surface area contributed by atoms with Gasteiger partial charge in [0, 0.05) is 49.7 Å². The molecule has 1 N–H and O–H groups in total. The summed E-state index contributed by atoms with van der Waals surface area (Å²) in [5.74, 6) is -1.03. The molecule has 0 bridgehead atoms. The minimum absolute atomic E-state index is 0.116. The summed E-state index contributed by atoms with van der Waals surface area (Å²) < 4.78 is 42.0. The van der Waals surface area contributed by atoms with Crippen LogP contribution < -0.4 is 10.2 Å². The van der Waals surface area contributed by atoms with E-state index >= 15 is 0 Å². The minimum Gasteiger partial charge on any atom is -0.370 e. The van der Waals surface area contributed by atoms with Crippen molar-refractivity contribution in [2.75, 3.05) is 18.0 Å². The highest BCUT2D eigenvalue weighted by molar-refractivity contribution is 7.11. The number of hydrogen-bond donors (Lipinski definition) is 1. The standard InChI is InChI=1S/C26H23Cl3F3N5OS/c1-36-21-11-20(37-7-2-3-15(13-37)26(30,31)32)18(28)10-19(21)35-22(36)9-16-17(27)5-4-14(23(16)29)12-34-24(38)25-33-6-8-39-25/h4-6,8,10-11,15H,2-3,7,9,12-13H2,1H3,(H,34,38). The van der Waals surface area contributed by atoms with Crippen molar-refractivity contribution in [1.82, 2.24) is 19.9 Å². The third kappa shape index (κ3) is 5.84. The number of rotatable bonds is 6. The number of anilines is 1. The third-order valence-electron chi connectivity index (χ3n) is 6.93. The number of aryl methyl sites for hydroxylation is 1. The second-order valence-electron chi connectivity index (χ2n) is 9.40. The van der Waals surface area contributed by atoms with Gasteiger partial charge in [-0.3, -0.25) is 4.79 Å². The minimum atomic E-state index is -4.24.